The van der Waals surface area contributed by atoms with Gasteiger partial charge in [0.25, 0.3) is 0 Å². The normalized spacial score (nSPS) is 52.8. The van der Waals surface area contributed by atoms with Gasteiger partial charge in [0.1, 0.15) is 11.2 Å². The van der Waals surface area contributed by atoms with Crippen molar-refractivity contribution in [2.75, 3.05) is 0 Å². The summed E-state index contributed by atoms with van der Waals surface area (Å²) in [6.07, 6.45) is 17.0. The molecule has 174 valence electrons. The van der Waals surface area contributed by atoms with Gasteiger partial charge in [-0.05, 0) is 73.7 Å². The van der Waals surface area contributed by atoms with Gasteiger partial charge >= 0.3 is 0 Å². The van der Waals surface area contributed by atoms with E-state index in [4.69, 9.17) is 9.78 Å². The maximum atomic E-state index is 10.4. The lowest BCUT2D eigenvalue weighted by Crippen LogP contribution is -2.73. The van der Waals surface area contributed by atoms with Crippen LogP contribution in [-0.2, 0) is 9.78 Å². The van der Waals surface area contributed by atoms with Crippen LogP contribution in [0.1, 0.15) is 86.5 Å². The highest BCUT2D eigenvalue weighted by molar-refractivity contribution is 5.33. The van der Waals surface area contributed by atoms with E-state index < -0.39 is 5.60 Å². The third kappa shape index (κ3) is 2.88. The molecule has 3 heteroatoms. The number of hydrogen-bond donors (Lipinski definition) is 1. The van der Waals surface area contributed by atoms with E-state index in [0.29, 0.717) is 41.9 Å². The number of rotatable bonds is 4. The van der Waals surface area contributed by atoms with Crippen molar-refractivity contribution in [3.05, 3.63) is 24.3 Å². The topological polar surface area (TPSA) is 38.7 Å². The Morgan fingerprint density at radius 1 is 0.903 bits per heavy atom. The summed E-state index contributed by atoms with van der Waals surface area (Å²) in [6.45, 7) is 14.4. The third-order valence-corrected chi connectivity index (χ3v) is 11.1. The Labute approximate surface area is 189 Å². The average molecular weight is 429 g/mol. The Morgan fingerprint density at radius 2 is 1.68 bits per heavy atom. The van der Waals surface area contributed by atoms with Crippen LogP contribution in [0.4, 0.5) is 0 Å². The van der Waals surface area contributed by atoms with E-state index in [1.165, 1.54) is 25.7 Å². The lowest BCUT2D eigenvalue weighted by Gasteiger charge is -2.69. The quantitative estimate of drug-likeness (QED) is 0.412. The Balaban J connectivity index is 1.45. The highest BCUT2D eigenvalue weighted by Crippen LogP contribution is 2.72. The van der Waals surface area contributed by atoms with E-state index in [1.54, 1.807) is 0 Å². The van der Waals surface area contributed by atoms with Crippen molar-refractivity contribution < 1.29 is 14.9 Å². The lowest BCUT2D eigenvalue weighted by atomic mass is 9.43. The fraction of sp³-hybridized carbons (Fsp3) is 0.857. The van der Waals surface area contributed by atoms with Crippen LogP contribution < -0.4 is 0 Å². The van der Waals surface area contributed by atoms with E-state index in [0.717, 1.165) is 12.8 Å². The number of aliphatic hydroxyl groups is 1. The van der Waals surface area contributed by atoms with Crippen LogP contribution in [-0.4, -0.2) is 22.4 Å². The number of hydrogen-bond acceptors (Lipinski definition) is 3. The molecule has 0 unspecified atom stereocenters. The third-order valence-electron chi connectivity index (χ3n) is 11.1. The van der Waals surface area contributed by atoms with Gasteiger partial charge in [0.2, 0.25) is 0 Å². The Bertz CT molecular complexity index is 772. The van der Waals surface area contributed by atoms with E-state index in [1.807, 2.05) is 0 Å². The summed E-state index contributed by atoms with van der Waals surface area (Å²) in [7, 11) is 0. The Morgan fingerprint density at radius 3 is 2.35 bits per heavy atom. The molecule has 2 heterocycles. The minimum atomic E-state index is -0.439. The average Bonchev–Trinajstić information content (AvgIpc) is 3.09. The van der Waals surface area contributed by atoms with Gasteiger partial charge in [-0.25, -0.2) is 9.78 Å². The molecule has 1 saturated heterocycles. The van der Waals surface area contributed by atoms with Crippen molar-refractivity contribution >= 4 is 0 Å². The molecular weight excluding hydrogens is 384 g/mol. The number of allylic oxidation sites excluding steroid dienone is 2. The zero-order chi connectivity index (χ0) is 22.2. The van der Waals surface area contributed by atoms with Crippen molar-refractivity contribution in [3.63, 3.8) is 0 Å². The molecule has 4 fully saturated rings. The highest BCUT2D eigenvalue weighted by Gasteiger charge is 2.74. The molecule has 6 rings (SSSR count). The van der Waals surface area contributed by atoms with Crippen LogP contribution in [0.3, 0.4) is 0 Å². The zero-order valence-electron chi connectivity index (χ0n) is 20.6. The summed E-state index contributed by atoms with van der Waals surface area (Å²) in [5.74, 6) is 3.64. The minimum Gasteiger partial charge on any atom is -0.393 e. The van der Waals surface area contributed by atoms with Crippen molar-refractivity contribution in [2.45, 2.75) is 104 Å². The van der Waals surface area contributed by atoms with Crippen molar-refractivity contribution in [1.29, 1.82) is 0 Å². The summed E-state index contributed by atoms with van der Waals surface area (Å²) in [6, 6.07) is 0. The van der Waals surface area contributed by atoms with E-state index >= 15 is 0 Å². The van der Waals surface area contributed by atoms with Gasteiger partial charge in [-0.1, -0.05) is 59.8 Å². The smallest absolute Gasteiger partial charge is 0.130 e. The summed E-state index contributed by atoms with van der Waals surface area (Å²) in [5, 5.41) is 10.4. The van der Waals surface area contributed by atoms with Crippen LogP contribution in [0, 0.1) is 46.3 Å². The molecule has 0 aromatic rings. The first kappa shape index (κ1) is 22.2. The second-order valence-corrected chi connectivity index (χ2v) is 12.7. The molecular formula is C28H44O3. The van der Waals surface area contributed by atoms with Gasteiger partial charge < -0.3 is 5.11 Å². The molecule has 10 atom stereocenters. The molecule has 2 bridgehead atoms. The van der Waals surface area contributed by atoms with E-state index in [-0.39, 0.29) is 22.5 Å². The fourth-order valence-corrected chi connectivity index (χ4v) is 8.71. The first-order valence-corrected chi connectivity index (χ1v) is 13.0. The van der Waals surface area contributed by atoms with Gasteiger partial charge in [-0.3, -0.25) is 0 Å². The van der Waals surface area contributed by atoms with Gasteiger partial charge in [0.15, 0.2) is 0 Å². The number of aliphatic hydroxyl groups excluding tert-OH is 1. The molecule has 2 aliphatic heterocycles. The standard InChI is InChI=1S/C28H44O3/c1-18(2)19(3)7-8-20(4)22-9-10-23-25(22,5)13-12-24-26(6)14-11-21(29)17-27(26)15-16-28(23,24)31-30-27/h7-8,15-16,18-24,29H,9-14,17H2,1-6H3/b8-7+/t19-,20-,21+,22-,23-,24-,25-,26-,27-,28-/m1/s1. The molecule has 31 heavy (non-hydrogen) atoms. The van der Waals surface area contributed by atoms with Crippen LogP contribution in [0.5, 0.6) is 0 Å². The SMILES string of the molecule is CC(C)[C@H](C)/C=C/[C@@H](C)[C@H]1CC[C@@H]2[C@]1(C)CC[C@H]1[C@@]23C=C[C@]2(C[C@@H](O)CC[C@]12C)OO3. The van der Waals surface area contributed by atoms with Crippen LogP contribution >= 0.6 is 0 Å². The van der Waals surface area contributed by atoms with Crippen LogP contribution in [0.15, 0.2) is 24.3 Å². The molecule has 6 aliphatic rings. The molecule has 2 spiro atoms. The molecule has 0 amide bonds. The summed E-state index contributed by atoms with van der Waals surface area (Å²) < 4.78 is 0. The molecule has 3 nitrogen and oxygen atoms in total. The summed E-state index contributed by atoms with van der Waals surface area (Å²) in [5.41, 5.74) is -0.366. The molecule has 0 aromatic carbocycles. The Hall–Kier alpha value is -0.640. The van der Waals surface area contributed by atoms with Crippen molar-refractivity contribution in [2.24, 2.45) is 46.3 Å². The van der Waals surface area contributed by atoms with Crippen LogP contribution in [0.2, 0.25) is 0 Å². The van der Waals surface area contributed by atoms with Crippen molar-refractivity contribution in [3.8, 4) is 0 Å². The minimum absolute atomic E-state index is 0.0663. The predicted octanol–water partition coefficient (Wildman–Crippen LogP) is 6.47. The second kappa shape index (κ2) is 7.18. The van der Waals surface area contributed by atoms with Crippen molar-refractivity contribution in [1.82, 2.24) is 0 Å². The summed E-state index contributed by atoms with van der Waals surface area (Å²) in [4.78, 5) is 12.8. The largest absolute Gasteiger partial charge is 0.393 e. The summed E-state index contributed by atoms with van der Waals surface area (Å²) >= 11 is 0. The second-order valence-electron chi connectivity index (χ2n) is 12.7. The zero-order valence-corrected chi connectivity index (χ0v) is 20.6. The van der Waals surface area contributed by atoms with Gasteiger partial charge in [-0.15, -0.1) is 0 Å². The predicted molar refractivity (Wildman–Crippen MR) is 124 cm³/mol. The first-order chi connectivity index (χ1) is 14.6. The van der Waals surface area contributed by atoms with Gasteiger partial charge in [0, 0.05) is 23.7 Å². The molecule has 3 saturated carbocycles. The number of fused-ring (bicyclic) bond motifs is 2. The highest BCUT2D eigenvalue weighted by atomic mass is 17.2. The maximum absolute atomic E-state index is 10.4. The lowest BCUT2D eigenvalue weighted by molar-refractivity contribution is -0.497. The maximum Gasteiger partial charge on any atom is 0.130 e. The van der Waals surface area contributed by atoms with Gasteiger partial charge in [0.05, 0.1) is 6.10 Å². The van der Waals surface area contributed by atoms with E-state index in [2.05, 4.69) is 65.8 Å². The molecule has 4 aliphatic carbocycles. The fourth-order valence-electron chi connectivity index (χ4n) is 8.71. The first-order valence-electron chi connectivity index (χ1n) is 13.0. The molecule has 0 radical (unpaired) electrons. The monoisotopic (exact) mass is 428 g/mol. The Kier molecular flexibility index (Phi) is 5.13. The molecule has 0 aromatic heterocycles. The van der Waals surface area contributed by atoms with Gasteiger partial charge in [-0.2, -0.15) is 0 Å². The van der Waals surface area contributed by atoms with E-state index in [9.17, 15) is 5.11 Å². The van der Waals surface area contributed by atoms with Crippen LogP contribution in [0.25, 0.3) is 0 Å². The molecule has 1 N–H and O–H groups in total.